The number of ether oxygens (including phenoxy) is 1. The Morgan fingerprint density at radius 2 is 2.10 bits per heavy atom. The molecule has 1 heterocycles. The number of furan rings is 1. The summed E-state index contributed by atoms with van der Waals surface area (Å²) >= 11 is 3.16. The molecule has 1 rings (SSSR count). The van der Waals surface area contributed by atoms with Crippen LogP contribution in [0, 0.1) is 5.92 Å². The van der Waals surface area contributed by atoms with Crippen LogP contribution in [0.4, 0.5) is 0 Å². The third-order valence-corrected chi connectivity index (χ3v) is 5.31. The summed E-state index contributed by atoms with van der Waals surface area (Å²) in [4.78, 5) is 0.106. The summed E-state index contributed by atoms with van der Waals surface area (Å²) in [7, 11) is -1.90. The number of rotatable bonds is 9. The molecule has 1 atom stereocenters. The van der Waals surface area contributed by atoms with Crippen molar-refractivity contribution < 1.29 is 17.6 Å². The van der Waals surface area contributed by atoms with Crippen LogP contribution in [-0.2, 0) is 21.3 Å². The molecular formula is C13H23BrN2O4S. The number of hydrogen-bond acceptors (Lipinski definition) is 5. The maximum Gasteiger partial charge on any atom is 0.245 e. The zero-order valence-electron chi connectivity index (χ0n) is 12.8. The molecule has 0 aromatic carbocycles. The van der Waals surface area contributed by atoms with Crippen molar-refractivity contribution in [3.63, 3.8) is 0 Å². The summed E-state index contributed by atoms with van der Waals surface area (Å²) in [5.41, 5.74) is 0. The predicted molar refractivity (Wildman–Crippen MR) is 84.6 cm³/mol. The Morgan fingerprint density at radius 1 is 1.43 bits per heavy atom. The molecule has 0 radical (unpaired) electrons. The van der Waals surface area contributed by atoms with Gasteiger partial charge in [-0.3, -0.25) is 0 Å². The van der Waals surface area contributed by atoms with E-state index in [1.54, 1.807) is 7.05 Å². The van der Waals surface area contributed by atoms with E-state index in [0.29, 0.717) is 25.5 Å². The molecule has 6 nitrogen and oxygen atoms in total. The number of halogens is 1. The molecule has 0 aliphatic rings. The van der Waals surface area contributed by atoms with E-state index in [-0.39, 0.29) is 21.5 Å². The lowest BCUT2D eigenvalue weighted by Crippen LogP contribution is -2.41. The van der Waals surface area contributed by atoms with E-state index in [2.05, 4.69) is 26.0 Å². The Kier molecular flexibility index (Phi) is 7.35. The van der Waals surface area contributed by atoms with Gasteiger partial charge in [0.1, 0.15) is 10.7 Å². The third-order valence-electron chi connectivity index (χ3n) is 2.96. The van der Waals surface area contributed by atoms with Gasteiger partial charge in [0.2, 0.25) is 10.0 Å². The third kappa shape index (κ3) is 5.37. The Bertz CT molecular complexity index is 542. The fraction of sp³-hybridized carbons (Fsp3) is 0.692. The molecule has 1 unspecified atom stereocenters. The van der Waals surface area contributed by atoms with Crippen molar-refractivity contribution in [1.29, 1.82) is 0 Å². The van der Waals surface area contributed by atoms with E-state index in [4.69, 9.17) is 9.15 Å². The molecule has 0 spiro atoms. The normalized spacial score (nSPS) is 13.8. The minimum atomic E-state index is -3.66. The highest BCUT2D eigenvalue weighted by molar-refractivity contribution is 9.10. The van der Waals surface area contributed by atoms with Gasteiger partial charge >= 0.3 is 0 Å². The van der Waals surface area contributed by atoms with Crippen LogP contribution >= 0.6 is 15.9 Å². The second-order valence-electron chi connectivity index (χ2n) is 5.01. The fourth-order valence-corrected chi connectivity index (χ4v) is 4.08. The molecule has 122 valence electrons. The molecule has 0 bridgehead atoms. The van der Waals surface area contributed by atoms with Gasteiger partial charge in [-0.25, -0.2) is 13.1 Å². The Hall–Kier alpha value is -0.410. The summed E-state index contributed by atoms with van der Waals surface area (Å²) in [5, 5.41) is 2.91. The molecule has 1 aromatic heterocycles. The Balaban J connectivity index is 2.93. The van der Waals surface area contributed by atoms with Crippen molar-refractivity contribution in [2.75, 3.05) is 20.3 Å². The van der Waals surface area contributed by atoms with Crippen molar-refractivity contribution in [3.8, 4) is 0 Å². The van der Waals surface area contributed by atoms with E-state index >= 15 is 0 Å². The van der Waals surface area contributed by atoms with Crippen LogP contribution in [0.15, 0.2) is 20.0 Å². The first kappa shape index (κ1) is 18.6. The van der Waals surface area contributed by atoms with Crippen LogP contribution < -0.4 is 10.0 Å². The van der Waals surface area contributed by atoms with Gasteiger partial charge in [-0.15, -0.1) is 0 Å². The monoisotopic (exact) mass is 382 g/mol. The van der Waals surface area contributed by atoms with E-state index in [1.165, 1.54) is 6.07 Å². The minimum Gasteiger partial charge on any atom is -0.452 e. The Morgan fingerprint density at radius 3 is 2.62 bits per heavy atom. The van der Waals surface area contributed by atoms with E-state index in [1.807, 2.05) is 20.8 Å². The first-order chi connectivity index (χ1) is 9.81. The molecule has 0 aliphatic heterocycles. The van der Waals surface area contributed by atoms with Crippen molar-refractivity contribution >= 4 is 26.0 Å². The number of nitrogens with one attached hydrogen (secondary N) is 2. The average Bonchev–Trinajstić information content (AvgIpc) is 2.76. The number of sulfonamides is 1. The number of hydrogen-bond donors (Lipinski definition) is 2. The zero-order chi connectivity index (χ0) is 16.0. The van der Waals surface area contributed by atoms with Gasteiger partial charge in [-0.05, 0) is 35.8 Å². The van der Waals surface area contributed by atoms with Gasteiger partial charge in [0.25, 0.3) is 0 Å². The van der Waals surface area contributed by atoms with Crippen LogP contribution in [0.25, 0.3) is 0 Å². The maximum atomic E-state index is 12.5. The Labute approximate surface area is 134 Å². The van der Waals surface area contributed by atoms with E-state index in [9.17, 15) is 8.42 Å². The summed E-state index contributed by atoms with van der Waals surface area (Å²) in [6, 6.07) is 1.23. The molecule has 0 aliphatic carbocycles. The molecule has 2 N–H and O–H groups in total. The van der Waals surface area contributed by atoms with Crippen molar-refractivity contribution in [2.24, 2.45) is 5.92 Å². The van der Waals surface area contributed by atoms with Gasteiger partial charge in [0, 0.05) is 18.7 Å². The first-order valence-electron chi connectivity index (χ1n) is 6.84. The highest BCUT2D eigenvalue weighted by atomic mass is 79.9. The molecule has 0 amide bonds. The molecule has 0 saturated heterocycles. The van der Waals surface area contributed by atoms with Gasteiger partial charge in [-0.2, -0.15) is 0 Å². The fourth-order valence-electron chi connectivity index (χ4n) is 1.71. The van der Waals surface area contributed by atoms with Crippen molar-refractivity contribution in [3.05, 3.63) is 16.5 Å². The SMILES string of the molecule is CCOCC(NS(=O)(=O)c1cc(CNC)oc1Br)C(C)C. The summed E-state index contributed by atoms with van der Waals surface area (Å²) < 4.78 is 38.5. The van der Waals surface area contributed by atoms with Crippen LogP contribution in [0.5, 0.6) is 0 Å². The van der Waals surface area contributed by atoms with Crippen LogP contribution in [-0.4, -0.2) is 34.7 Å². The van der Waals surface area contributed by atoms with Gasteiger partial charge in [-0.1, -0.05) is 13.8 Å². The highest BCUT2D eigenvalue weighted by Gasteiger charge is 2.27. The second-order valence-corrected chi connectivity index (χ2v) is 7.41. The molecule has 8 heteroatoms. The lowest BCUT2D eigenvalue weighted by molar-refractivity contribution is 0.116. The smallest absolute Gasteiger partial charge is 0.245 e. The molecule has 0 fully saturated rings. The lowest BCUT2D eigenvalue weighted by Gasteiger charge is -2.21. The predicted octanol–water partition coefficient (Wildman–Crippen LogP) is 2.10. The minimum absolute atomic E-state index is 0.106. The van der Waals surface area contributed by atoms with E-state index < -0.39 is 10.0 Å². The molecular weight excluding hydrogens is 360 g/mol. The standard InChI is InChI=1S/C13H23BrN2O4S/c1-5-19-8-11(9(2)3)16-21(17,18)12-6-10(7-15-4)20-13(12)14/h6,9,11,15-16H,5,7-8H2,1-4H3. The van der Waals surface area contributed by atoms with Crippen LogP contribution in [0.1, 0.15) is 26.5 Å². The first-order valence-corrected chi connectivity index (χ1v) is 9.12. The molecule has 1 aromatic rings. The average molecular weight is 383 g/mol. The van der Waals surface area contributed by atoms with Crippen molar-refractivity contribution in [1.82, 2.24) is 10.0 Å². The summed E-state index contributed by atoms with van der Waals surface area (Å²) in [6.45, 7) is 7.12. The van der Waals surface area contributed by atoms with E-state index in [0.717, 1.165) is 0 Å². The highest BCUT2D eigenvalue weighted by Crippen LogP contribution is 2.26. The quantitative estimate of drug-likeness (QED) is 0.683. The van der Waals surface area contributed by atoms with Crippen molar-refractivity contribution in [2.45, 2.75) is 38.3 Å². The largest absolute Gasteiger partial charge is 0.452 e. The summed E-state index contributed by atoms with van der Waals surface area (Å²) in [6.07, 6.45) is 0. The van der Waals surface area contributed by atoms with Gasteiger partial charge in [0.15, 0.2) is 4.67 Å². The molecule has 21 heavy (non-hydrogen) atoms. The zero-order valence-corrected chi connectivity index (χ0v) is 15.2. The summed E-state index contributed by atoms with van der Waals surface area (Å²) in [5.74, 6) is 0.671. The maximum absolute atomic E-state index is 12.5. The molecule has 0 saturated carbocycles. The van der Waals surface area contributed by atoms with Crippen LogP contribution in [0.2, 0.25) is 0 Å². The second kappa shape index (κ2) is 8.28. The van der Waals surface area contributed by atoms with Crippen LogP contribution in [0.3, 0.4) is 0 Å². The van der Waals surface area contributed by atoms with Gasteiger partial charge in [0.05, 0.1) is 13.2 Å². The lowest BCUT2D eigenvalue weighted by atomic mass is 10.1. The topological polar surface area (TPSA) is 80.6 Å². The van der Waals surface area contributed by atoms with Gasteiger partial charge < -0.3 is 14.5 Å².